The minimum absolute atomic E-state index is 0.132. The average molecular weight is 202 g/mol. The molecule has 1 aromatic rings. The molecule has 15 heavy (non-hydrogen) atoms. The Labute approximate surface area is 91.8 Å². The molecule has 0 aliphatic carbocycles. The number of carbonyl (C=O) groups excluding carboxylic acids is 1. The summed E-state index contributed by atoms with van der Waals surface area (Å²) in [6, 6.07) is 8.39. The van der Waals surface area contributed by atoms with Crippen molar-refractivity contribution in [1.82, 2.24) is 0 Å². The summed E-state index contributed by atoms with van der Waals surface area (Å²) in [5.74, 6) is 0.132. The van der Waals surface area contributed by atoms with E-state index in [0.29, 0.717) is 0 Å². The fourth-order valence-corrected chi connectivity index (χ4v) is 1.42. The van der Waals surface area contributed by atoms with Crippen LogP contribution < -0.4 is 0 Å². The van der Waals surface area contributed by atoms with Crippen molar-refractivity contribution in [1.29, 1.82) is 0 Å². The van der Waals surface area contributed by atoms with Crippen molar-refractivity contribution in [3.8, 4) is 0 Å². The smallest absolute Gasteiger partial charge is 0.155 e. The predicted octanol–water partition coefficient (Wildman–Crippen LogP) is 3.63. The summed E-state index contributed by atoms with van der Waals surface area (Å²) in [6.07, 6.45) is 4.22. The van der Waals surface area contributed by atoms with Gasteiger partial charge in [0.15, 0.2) is 5.78 Å². The molecule has 0 amide bonds. The van der Waals surface area contributed by atoms with Crippen LogP contribution in [0.4, 0.5) is 0 Å². The van der Waals surface area contributed by atoms with Gasteiger partial charge in [0.2, 0.25) is 0 Å². The molecule has 0 saturated heterocycles. The molecule has 0 aliphatic rings. The van der Waals surface area contributed by atoms with Gasteiger partial charge in [-0.2, -0.15) is 0 Å². The number of ketones is 1. The molecule has 1 aromatic carbocycles. The lowest BCUT2D eigenvalue weighted by molar-refractivity contribution is -0.113. The Hall–Kier alpha value is -1.37. The maximum atomic E-state index is 11.0. The molecule has 0 saturated carbocycles. The molecule has 0 fully saturated rings. The Bertz CT molecular complexity index is 357. The van der Waals surface area contributed by atoms with E-state index in [4.69, 9.17) is 0 Å². The van der Waals surface area contributed by atoms with Gasteiger partial charge in [-0.1, -0.05) is 37.6 Å². The quantitative estimate of drug-likeness (QED) is 0.681. The summed E-state index contributed by atoms with van der Waals surface area (Å²) < 4.78 is 0. The van der Waals surface area contributed by atoms with E-state index >= 15 is 0 Å². The fourth-order valence-electron chi connectivity index (χ4n) is 1.42. The molecule has 0 heterocycles. The molecule has 0 atom stereocenters. The maximum absolute atomic E-state index is 11.0. The monoisotopic (exact) mass is 202 g/mol. The molecule has 1 rings (SSSR count). The Balaban J connectivity index is 2.80. The number of Topliss-reactive ketones (excluding diaryl/α,β-unsaturated/α-hetero) is 1. The van der Waals surface area contributed by atoms with Crippen LogP contribution in [0.5, 0.6) is 0 Å². The maximum Gasteiger partial charge on any atom is 0.155 e. The molecule has 80 valence electrons. The first-order chi connectivity index (χ1) is 7.13. The third-order valence-electron chi connectivity index (χ3n) is 2.46. The van der Waals surface area contributed by atoms with E-state index in [-0.39, 0.29) is 5.78 Å². The van der Waals surface area contributed by atoms with Crippen LogP contribution in [0.1, 0.15) is 38.3 Å². The lowest BCUT2D eigenvalue weighted by Crippen LogP contribution is -1.90. The van der Waals surface area contributed by atoms with Crippen molar-refractivity contribution in [2.45, 2.75) is 33.6 Å². The van der Waals surface area contributed by atoms with Crippen molar-refractivity contribution >= 4 is 11.9 Å². The van der Waals surface area contributed by atoms with E-state index in [1.165, 1.54) is 12.0 Å². The Morgan fingerprint density at radius 1 is 1.20 bits per heavy atom. The zero-order valence-electron chi connectivity index (χ0n) is 9.71. The van der Waals surface area contributed by atoms with E-state index in [0.717, 1.165) is 17.6 Å². The highest BCUT2D eigenvalue weighted by atomic mass is 16.1. The minimum Gasteiger partial charge on any atom is -0.295 e. The second-order valence-corrected chi connectivity index (χ2v) is 3.88. The second kappa shape index (κ2) is 5.50. The second-order valence-electron chi connectivity index (χ2n) is 3.88. The summed E-state index contributed by atoms with van der Waals surface area (Å²) >= 11 is 0. The molecular weight excluding hydrogens is 184 g/mol. The van der Waals surface area contributed by atoms with Gasteiger partial charge in [0.25, 0.3) is 0 Å². The van der Waals surface area contributed by atoms with E-state index in [1.54, 1.807) is 6.92 Å². The molecule has 0 radical (unpaired) electrons. The van der Waals surface area contributed by atoms with Crippen molar-refractivity contribution in [3.63, 3.8) is 0 Å². The number of allylic oxidation sites excluding steroid dienone is 1. The van der Waals surface area contributed by atoms with Crippen molar-refractivity contribution in [2.75, 3.05) is 0 Å². The van der Waals surface area contributed by atoms with Crippen molar-refractivity contribution in [3.05, 3.63) is 41.0 Å². The van der Waals surface area contributed by atoms with Crippen LogP contribution in [-0.2, 0) is 11.2 Å². The highest BCUT2D eigenvalue weighted by Crippen LogP contribution is 2.10. The van der Waals surface area contributed by atoms with Gasteiger partial charge in [0, 0.05) is 0 Å². The summed E-state index contributed by atoms with van der Waals surface area (Å²) in [7, 11) is 0. The lowest BCUT2D eigenvalue weighted by Gasteiger charge is -2.00. The number of benzene rings is 1. The molecule has 0 unspecified atom stereocenters. The Morgan fingerprint density at radius 3 is 2.27 bits per heavy atom. The summed E-state index contributed by atoms with van der Waals surface area (Å²) in [5.41, 5.74) is 3.26. The summed E-state index contributed by atoms with van der Waals surface area (Å²) in [4.78, 5) is 11.0. The zero-order chi connectivity index (χ0) is 11.3. The number of hydrogen-bond acceptors (Lipinski definition) is 1. The number of hydrogen-bond donors (Lipinski definition) is 0. The van der Waals surface area contributed by atoms with Gasteiger partial charge in [0.05, 0.1) is 0 Å². The zero-order valence-corrected chi connectivity index (χ0v) is 9.71. The van der Waals surface area contributed by atoms with Crippen LogP contribution in [0, 0.1) is 0 Å². The third kappa shape index (κ3) is 3.70. The van der Waals surface area contributed by atoms with Crippen LogP contribution in [0.25, 0.3) is 6.08 Å². The van der Waals surface area contributed by atoms with E-state index in [1.807, 2.05) is 13.0 Å². The van der Waals surface area contributed by atoms with Crippen LogP contribution in [0.3, 0.4) is 0 Å². The van der Waals surface area contributed by atoms with Crippen molar-refractivity contribution in [2.24, 2.45) is 0 Å². The van der Waals surface area contributed by atoms with Gasteiger partial charge in [-0.25, -0.2) is 0 Å². The van der Waals surface area contributed by atoms with Crippen LogP contribution in [0.15, 0.2) is 29.8 Å². The molecule has 0 N–H and O–H groups in total. The molecule has 1 nitrogen and oxygen atoms in total. The number of carbonyl (C=O) groups is 1. The Morgan fingerprint density at radius 2 is 1.80 bits per heavy atom. The van der Waals surface area contributed by atoms with Crippen molar-refractivity contribution < 1.29 is 4.79 Å². The lowest BCUT2D eigenvalue weighted by atomic mass is 10.1. The van der Waals surface area contributed by atoms with Gasteiger partial charge in [-0.15, -0.1) is 0 Å². The molecule has 0 aromatic heterocycles. The first-order valence-corrected chi connectivity index (χ1v) is 5.41. The van der Waals surface area contributed by atoms with Crippen LogP contribution >= 0.6 is 0 Å². The number of rotatable bonds is 4. The molecule has 0 bridgehead atoms. The average Bonchev–Trinajstić information content (AvgIpc) is 2.21. The summed E-state index contributed by atoms with van der Waals surface area (Å²) in [6.45, 7) is 5.62. The third-order valence-corrected chi connectivity index (χ3v) is 2.46. The predicted molar refractivity (Wildman–Crippen MR) is 64.8 cm³/mol. The fraction of sp³-hybridized carbons (Fsp3) is 0.357. The van der Waals surface area contributed by atoms with Gasteiger partial charge in [0.1, 0.15) is 0 Å². The topological polar surface area (TPSA) is 17.1 Å². The SMILES string of the molecule is CCCc1ccc(C=C(C)C(C)=O)cc1. The van der Waals surface area contributed by atoms with Gasteiger partial charge in [-0.3, -0.25) is 4.79 Å². The highest BCUT2D eigenvalue weighted by molar-refractivity contribution is 5.97. The normalized spacial score (nSPS) is 11.5. The standard InChI is InChI=1S/C14H18O/c1-4-5-13-6-8-14(9-7-13)10-11(2)12(3)15/h6-10H,4-5H2,1-3H3. The van der Waals surface area contributed by atoms with Crippen LogP contribution in [0.2, 0.25) is 0 Å². The molecule has 1 heteroatoms. The van der Waals surface area contributed by atoms with E-state index < -0.39 is 0 Å². The largest absolute Gasteiger partial charge is 0.295 e. The summed E-state index contributed by atoms with van der Waals surface area (Å²) in [5, 5.41) is 0. The van der Waals surface area contributed by atoms with Crippen LogP contribution in [-0.4, -0.2) is 5.78 Å². The Kier molecular flexibility index (Phi) is 4.29. The highest BCUT2D eigenvalue weighted by Gasteiger charge is 1.96. The molecule has 0 spiro atoms. The number of aryl methyl sites for hydroxylation is 1. The van der Waals surface area contributed by atoms with E-state index in [9.17, 15) is 4.79 Å². The minimum atomic E-state index is 0.132. The van der Waals surface area contributed by atoms with Gasteiger partial charge in [-0.05, 0) is 43.0 Å². The molecular formula is C14H18O. The first-order valence-electron chi connectivity index (χ1n) is 5.41. The van der Waals surface area contributed by atoms with Gasteiger partial charge >= 0.3 is 0 Å². The van der Waals surface area contributed by atoms with Gasteiger partial charge < -0.3 is 0 Å². The first kappa shape index (κ1) is 11.7. The molecule has 0 aliphatic heterocycles. The van der Waals surface area contributed by atoms with E-state index in [2.05, 4.69) is 31.2 Å².